The van der Waals surface area contributed by atoms with Gasteiger partial charge >= 0.3 is 6.03 Å². The van der Waals surface area contributed by atoms with E-state index in [2.05, 4.69) is 24.1 Å². The highest BCUT2D eigenvalue weighted by molar-refractivity contribution is 5.87. The van der Waals surface area contributed by atoms with Crippen LogP contribution in [0.3, 0.4) is 0 Å². The average molecular weight is 369 g/mol. The fourth-order valence-corrected chi connectivity index (χ4v) is 3.83. The number of β-amino-alcohol motifs (C(OH)–C–C–N with tert-alkyl or cyclic N) is 1. The molecule has 0 bridgehead atoms. The Morgan fingerprint density at radius 1 is 1.12 bits per heavy atom. The van der Waals surface area contributed by atoms with E-state index in [1.165, 1.54) is 0 Å². The lowest BCUT2D eigenvalue weighted by Gasteiger charge is -2.42. The van der Waals surface area contributed by atoms with Gasteiger partial charge in [0.2, 0.25) is 5.91 Å². The van der Waals surface area contributed by atoms with Gasteiger partial charge in [0.15, 0.2) is 0 Å². The lowest BCUT2D eigenvalue weighted by molar-refractivity contribution is -0.137. The third-order valence-corrected chi connectivity index (χ3v) is 5.73. The molecule has 4 atom stereocenters. The lowest BCUT2D eigenvalue weighted by Crippen LogP contribution is -2.60. The van der Waals surface area contributed by atoms with Crippen LogP contribution in [0.5, 0.6) is 0 Å². The van der Waals surface area contributed by atoms with E-state index in [0.29, 0.717) is 19.6 Å². The Balaban J connectivity index is 1.99. The Hall–Kier alpha value is -1.34. The fourth-order valence-electron chi connectivity index (χ4n) is 3.83. The number of carbonyl (C=O) groups excluding carboxylic acids is 2. The Morgan fingerprint density at radius 2 is 1.77 bits per heavy atom. The molecule has 0 aliphatic carbocycles. The minimum absolute atomic E-state index is 0.0236. The zero-order chi connectivity index (χ0) is 19.3. The predicted molar refractivity (Wildman–Crippen MR) is 102 cm³/mol. The van der Waals surface area contributed by atoms with Gasteiger partial charge in [0.1, 0.15) is 6.04 Å². The molecule has 0 unspecified atom stereocenters. The summed E-state index contributed by atoms with van der Waals surface area (Å²) in [5.74, 6) is 0.121. The van der Waals surface area contributed by atoms with E-state index in [0.717, 1.165) is 38.9 Å². The molecule has 0 aromatic heterocycles. The van der Waals surface area contributed by atoms with E-state index < -0.39 is 6.04 Å². The minimum Gasteiger partial charge on any atom is -0.392 e. The first-order chi connectivity index (χ1) is 12.3. The van der Waals surface area contributed by atoms with Crippen LogP contribution >= 0.6 is 0 Å². The highest BCUT2D eigenvalue weighted by Gasteiger charge is 2.35. The Bertz CT molecular complexity index is 479. The van der Waals surface area contributed by atoms with E-state index >= 15 is 0 Å². The van der Waals surface area contributed by atoms with Gasteiger partial charge in [-0.3, -0.25) is 9.69 Å². The van der Waals surface area contributed by atoms with E-state index in [1.807, 2.05) is 16.7 Å². The van der Waals surface area contributed by atoms with Crippen molar-refractivity contribution in [2.24, 2.45) is 5.92 Å². The van der Waals surface area contributed by atoms with Gasteiger partial charge in [-0.2, -0.15) is 0 Å². The molecule has 26 heavy (non-hydrogen) atoms. The molecule has 2 fully saturated rings. The largest absolute Gasteiger partial charge is 0.392 e. The molecular formula is C19H36N4O3. The van der Waals surface area contributed by atoms with Crippen LogP contribution in [0.1, 0.15) is 47.0 Å². The number of nitrogens with zero attached hydrogens (tertiary/aromatic N) is 3. The summed E-state index contributed by atoms with van der Waals surface area (Å²) in [5.41, 5.74) is 0. The molecule has 2 aliphatic rings. The van der Waals surface area contributed by atoms with Gasteiger partial charge in [0.05, 0.1) is 6.10 Å². The van der Waals surface area contributed by atoms with Gasteiger partial charge in [-0.05, 0) is 32.6 Å². The highest BCUT2D eigenvalue weighted by Crippen LogP contribution is 2.17. The molecule has 2 rings (SSSR count). The summed E-state index contributed by atoms with van der Waals surface area (Å²) in [6, 6.07) is -0.375. The number of aliphatic hydroxyl groups is 1. The van der Waals surface area contributed by atoms with Crippen LogP contribution in [0.4, 0.5) is 4.79 Å². The van der Waals surface area contributed by atoms with Crippen molar-refractivity contribution in [3.05, 3.63) is 0 Å². The minimum atomic E-state index is -0.469. The van der Waals surface area contributed by atoms with E-state index in [1.54, 1.807) is 6.92 Å². The summed E-state index contributed by atoms with van der Waals surface area (Å²) in [4.78, 5) is 31.6. The van der Waals surface area contributed by atoms with Crippen LogP contribution in [-0.2, 0) is 4.79 Å². The second kappa shape index (κ2) is 9.55. The van der Waals surface area contributed by atoms with Crippen LogP contribution in [-0.4, -0.2) is 89.2 Å². The molecule has 7 heteroatoms. The maximum Gasteiger partial charge on any atom is 0.318 e. The zero-order valence-corrected chi connectivity index (χ0v) is 16.8. The van der Waals surface area contributed by atoms with Gasteiger partial charge in [-0.15, -0.1) is 0 Å². The van der Waals surface area contributed by atoms with Gasteiger partial charge in [0.25, 0.3) is 0 Å². The predicted octanol–water partition coefficient (Wildman–Crippen LogP) is 1.12. The SMILES string of the molecule is CC[C@H](C)[C@H](NC(=O)N1CCCC1)C(=O)N1CCN(C[C@H](C)O)[C@@H](C)C1. The topological polar surface area (TPSA) is 76.1 Å². The molecule has 2 saturated heterocycles. The quantitative estimate of drug-likeness (QED) is 0.737. The summed E-state index contributed by atoms with van der Waals surface area (Å²) in [5, 5.41) is 12.6. The molecule has 0 spiro atoms. The van der Waals surface area contributed by atoms with E-state index in [4.69, 9.17) is 0 Å². The summed E-state index contributed by atoms with van der Waals surface area (Å²) < 4.78 is 0. The van der Waals surface area contributed by atoms with E-state index in [9.17, 15) is 14.7 Å². The van der Waals surface area contributed by atoms with Crippen molar-refractivity contribution in [3.63, 3.8) is 0 Å². The van der Waals surface area contributed by atoms with Crippen molar-refractivity contribution in [1.82, 2.24) is 20.0 Å². The summed E-state index contributed by atoms with van der Waals surface area (Å²) >= 11 is 0. The number of piperazine rings is 1. The first-order valence-electron chi connectivity index (χ1n) is 10.1. The number of hydrogen-bond acceptors (Lipinski definition) is 4. The third-order valence-electron chi connectivity index (χ3n) is 5.73. The second-order valence-corrected chi connectivity index (χ2v) is 7.98. The smallest absolute Gasteiger partial charge is 0.318 e. The van der Waals surface area contributed by atoms with Crippen molar-refractivity contribution in [3.8, 4) is 0 Å². The van der Waals surface area contributed by atoms with Crippen LogP contribution in [0.25, 0.3) is 0 Å². The van der Waals surface area contributed by atoms with Crippen LogP contribution in [0, 0.1) is 5.92 Å². The van der Waals surface area contributed by atoms with Crippen molar-refractivity contribution < 1.29 is 14.7 Å². The van der Waals surface area contributed by atoms with Crippen molar-refractivity contribution >= 4 is 11.9 Å². The van der Waals surface area contributed by atoms with Gasteiger partial charge < -0.3 is 20.2 Å². The number of aliphatic hydroxyl groups excluding tert-OH is 1. The molecule has 0 radical (unpaired) electrons. The summed E-state index contributed by atoms with van der Waals surface area (Å²) in [7, 11) is 0. The molecule has 7 nitrogen and oxygen atoms in total. The molecule has 0 aromatic rings. The molecule has 0 saturated carbocycles. The van der Waals surface area contributed by atoms with Crippen molar-refractivity contribution in [1.29, 1.82) is 0 Å². The lowest BCUT2D eigenvalue weighted by atomic mass is 9.97. The molecule has 2 aliphatic heterocycles. The maximum absolute atomic E-state index is 13.1. The number of rotatable bonds is 6. The number of carbonyl (C=O) groups is 2. The molecule has 3 amide bonds. The molecule has 2 heterocycles. The highest BCUT2D eigenvalue weighted by atomic mass is 16.3. The normalized spacial score (nSPS) is 25.0. The Morgan fingerprint density at radius 3 is 2.31 bits per heavy atom. The summed E-state index contributed by atoms with van der Waals surface area (Å²) in [6.07, 6.45) is 2.55. The second-order valence-electron chi connectivity index (χ2n) is 7.98. The average Bonchev–Trinajstić information content (AvgIpc) is 3.14. The number of amides is 3. The number of likely N-dealkylation sites (tertiary alicyclic amines) is 1. The van der Waals surface area contributed by atoms with Gasteiger partial charge in [-0.25, -0.2) is 4.79 Å². The number of urea groups is 1. The van der Waals surface area contributed by atoms with Gasteiger partial charge in [-0.1, -0.05) is 20.3 Å². The summed E-state index contributed by atoms with van der Waals surface area (Å²) in [6.45, 7) is 12.2. The third kappa shape index (κ3) is 5.33. The van der Waals surface area contributed by atoms with Crippen molar-refractivity contribution in [2.45, 2.75) is 65.1 Å². The first kappa shape index (κ1) is 21.0. The van der Waals surface area contributed by atoms with E-state index in [-0.39, 0.29) is 30.0 Å². The zero-order valence-electron chi connectivity index (χ0n) is 16.8. The Kier molecular flexibility index (Phi) is 7.70. The molecular weight excluding hydrogens is 332 g/mol. The first-order valence-corrected chi connectivity index (χ1v) is 10.1. The fraction of sp³-hybridized carbons (Fsp3) is 0.895. The van der Waals surface area contributed by atoms with Crippen LogP contribution in [0.2, 0.25) is 0 Å². The maximum atomic E-state index is 13.1. The molecule has 2 N–H and O–H groups in total. The van der Waals surface area contributed by atoms with Crippen LogP contribution in [0.15, 0.2) is 0 Å². The number of nitrogens with one attached hydrogen (secondary N) is 1. The van der Waals surface area contributed by atoms with Gasteiger partial charge in [0, 0.05) is 45.3 Å². The monoisotopic (exact) mass is 368 g/mol. The Labute approximate surface area is 157 Å². The van der Waals surface area contributed by atoms with Crippen molar-refractivity contribution in [2.75, 3.05) is 39.3 Å². The molecule has 0 aromatic carbocycles. The number of hydrogen-bond donors (Lipinski definition) is 2. The molecule has 150 valence electrons. The van der Waals surface area contributed by atoms with Crippen LogP contribution < -0.4 is 5.32 Å². The standard InChI is InChI=1S/C19H36N4O3/c1-5-14(2)17(20-19(26)21-8-6-7-9-21)18(25)23-11-10-22(13-16(4)24)15(3)12-23/h14-17,24H,5-13H2,1-4H3,(H,20,26)/t14-,15-,16-,17-/m0/s1.